The lowest BCUT2D eigenvalue weighted by atomic mass is 9.88. The molecule has 28 heavy (non-hydrogen) atoms. The van der Waals surface area contributed by atoms with Crippen molar-refractivity contribution < 1.29 is 9.59 Å². The van der Waals surface area contributed by atoms with E-state index < -0.39 is 0 Å². The van der Waals surface area contributed by atoms with Crippen molar-refractivity contribution in [3.8, 4) is 11.1 Å². The zero-order valence-electron chi connectivity index (χ0n) is 15.6. The number of thiophene rings is 1. The van der Waals surface area contributed by atoms with Crippen LogP contribution in [-0.2, 0) is 0 Å². The van der Waals surface area contributed by atoms with Crippen LogP contribution in [0.15, 0.2) is 59.3 Å². The second-order valence-corrected chi connectivity index (χ2v) is 7.93. The van der Waals surface area contributed by atoms with E-state index in [1.807, 2.05) is 30.3 Å². The van der Waals surface area contributed by atoms with Gasteiger partial charge in [0.15, 0.2) is 0 Å². The van der Waals surface area contributed by atoms with Gasteiger partial charge in [0.25, 0.3) is 11.8 Å². The maximum atomic E-state index is 13.0. The number of fused-ring (bicyclic) bond motifs is 1. The lowest BCUT2D eigenvalue weighted by Gasteiger charge is -2.27. The van der Waals surface area contributed by atoms with Crippen LogP contribution in [0.1, 0.15) is 40.5 Å². The molecule has 2 amide bonds. The van der Waals surface area contributed by atoms with Crippen molar-refractivity contribution in [2.24, 2.45) is 0 Å². The molecule has 138 valence electrons. The highest BCUT2D eigenvalue weighted by Gasteiger charge is 2.32. The molecule has 5 rings (SSSR count). The van der Waals surface area contributed by atoms with Gasteiger partial charge in [-0.15, -0.1) is 0 Å². The molecule has 0 unspecified atom stereocenters. The minimum absolute atomic E-state index is 0.178. The van der Waals surface area contributed by atoms with Crippen molar-refractivity contribution in [3.05, 3.63) is 70.4 Å². The minimum Gasteiger partial charge on any atom is -0.274 e. The molecule has 1 aromatic heterocycles. The van der Waals surface area contributed by atoms with Gasteiger partial charge in [-0.25, -0.2) is 0 Å². The van der Waals surface area contributed by atoms with Gasteiger partial charge in [-0.3, -0.25) is 14.5 Å². The molecule has 0 radical (unpaired) electrons. The van der Waals surface area contributed by atoms with Crippen molar-refractivity contribution in [2.45, 2.75) is 19.8 Å². The molecule has 3 aromatic carbocycles. The predicted molar refractivity (Wildman–Crippen MR) is 115 cm³/mol. The molecule has 0 aliphatic carbocycles. The fourth-order valence-corrected chi connectivity index (χ4v) is 4.95. The second-order valence-electron chi connectivity index (χ2n) is 7.18. The molecule has 1 aliphatic heterocycles. The zero-order chi connectivity index (χ0) is 19.3. The van der Waals surface area contributed by atoms with Crippen LogP contribution >= 0.6 is 11.3 Å². The van der Waals surface area contributed by atoms with Crippen LogP contribution in [0.25, 0.3) is 32.7 Å². The van der Waals surface area contributed by atoms with Gasteiger partial charge in [0, 0.05) is 28.4 Å². The van der Waals surface area contributed by atoms with Crippen molar-refractivity contribution in [2.75, 3.05) is 6.54 Å². The van der Waals surface area contributed by atoms with Gasteiger partial charge in [-0.1, -0.05) is 49.7 Å². The first kappa shape index (κ1) is 17.1. The number of benzene rings is 3. The first-order valence-electron chi connectivity index (χ1n) is 9.58. The highest BCUT2D eigenvalue weighted by atomic mass is 32.1. The summed E-state index contributed by atoms with van der Waals surface area (Å²) >= 11 is 1.68. The first-order valence-corrected chi connectivity index (χ1v) is 10.5. The van der Waals surface area contributed by atoms with E-state index in [2.05, 4.69) is 35.9 Å². The lowest BCUT2D eigenvalue weighted by molar-refractivity contribution is 0.0608. The number of rotatable bonds is 4. The molecule has 0 spiro atoms. The Morgan fingerprint density at radius 2 is 1.46 bits per heavy atom. The van der Waals surface area contributed by atoms with Gasteiger partial charge in [0.05, 0.1) is 0 Å². The Kier molecular flexibility index (Phi) is 4.02. The molecule has 4 aromatic rings. The highest BCUT2D eigenvalue weighted by molar-refractivity contribution is 7.09. The number of carbonyl (C=O) groups is 2. The monoisotopic (exact) mass is 385 g/mol. The summed E-state index contributed by atoms with van der Waals surface area (Å²) in [5, 5.41) is 8.46. The predicted octanol–water partition coefficient (Wildman–Crippen LogP) is 6.12. The van der Waals surface area contributed by atoms with Crippen LogP contribution in [0.3, 0.4) is 0 Å². The van der Waals surface area contributed by atoms with E-state index in [0.717, 1.165) is 34.7 Å². The summed E-state index contributed by atoms with van der Waals surface area (Å²) in [5.41, 5.74) is 3.45. The number of carbonyl (C=O) groups excluding carboxylic acids is 2. The van der Waals surface area contributed by atoms with Crippen molar-refractivity contribution in [1.82, 2.24) is 4.90 Å². The Morgan fingerprint density at radius 3 is 2.29 bits per heavy atom. The molecule has 1 aliphatic rings. The summed E-state index contributed by atoms with van der Waals surface area (Å²) in [5.74, 6) is -0.357. The van der Waals surface area contributed by atoms with Crippen molar-refractivity contribution in [3.63, 3.8) is 0 Å². The Labute approximate surface area is 167 Å². The van der Waals surface area contributed by atoms with Crippen LogP contribution in [-0.4, -0.2) is 23.3 Å². The largest absolute Gasteiger partial charge is 0.274 e. The van der Waals surface area contributed by atoms with E-state index in [0.29, 0.717) is 17.7 Å². The Balaban J connectivity index is 1.77. The molecule has 4 heteroatoms. The summed E-state index contributed by atoms with van der Waals surface area (Å²) in [4.78, 5) is 27.5. The number of imide groups is 1. The summed E-state index contributed by atoms with van der Waals surface area (Å²) in [6.45, 7) is 2.53. The number of hydrogen-bond donors (Lipinski definition) is 0. The van der Waals surface area contributed by atoms with Crippen LogP contribution in [0.2, 0.25) is 0 Å². The molecule has 0 N–H and O–H groups in total. The van der Waals surface area contributed by atoms with E-state index in [1.165, 1.54) is 15.7 Å². The fourth-order valence-electron chi connectivity index (χ4n) is 4.13. The number of hydrogen-bond acceptors (Lipinski definition) is 3. The van der Waals surface area contributed by atoms with Gasteiger partial charge >= 0.3 is 0 Å². The molecule has 0 atom stereocenters. The number of nitrogens with zero attached hydrogens (tertiary/aromatic N) is 1. The van der Waals surface area contributed by atoms with E-state index in [4.69, 9.17) is 0 Å². The summed E-state index contributed by atoms with van der Waals surface area (Å²) in [6.07, 6.45) is 1.76. The minimum atomic E-state index is -0.178. The van der Waals surface area contributed by atoms with Crippen LogP contribution < -0.4 is 0 Å². The van der Waals surface area contributed by atoms with Crippen LogP contribution in [0.5, 0.6) is 0 Å². The molecule has 0 bridgehead atoms. The molecule has 2 heterocycles. The van der Waals surface area contributed by atoms with Crippen molar-refractivity contribution in [1.29, 1.82) is 0 Å². The first-order chi connectivity index (χ1) is 13.7. The molecular formula is C24H19NO2S. The maximum absolute atomic E-state index is 13.0. The molecule has 3 nitrogen and oxygen atoms in total. The number of unbranched alkanes of at least 4 members (excludes halogenated alkanes) is 1. The normalized spacial score (nSPS) is 13.7. The van der Waals surface area contributed by atoms with E-state index in [-0.39, 0.29) is 11.8 Å². The van der Waals surface area contributed by atoms with E-state index in [1.54, 1.807) is 11.3 Å². The Hall–Kier alpha value is -2.98. The van der Waals surface area contributed by atoms with Gasteiger partial charge < -0.3 is 0 Å². The highest BCUT2D eigenvalue weighted by Crippen LogP contribution is 2.39. The Morgan fingerprint density at radius 1 is 0.786 bits per heavy atom. The number of amides is 2. The summed E-state index contributed by atoms with van der Waals surface area (Å²) in [7, 11) is 0. The quantitative estimate of drug-likeness (QED) is 0.397. The van der Waals surface area contributed by atoms with E-state index >= 15 is 0 Å². The van der Waals surface area contributed by atoms with Crippen LogP contribution in [0, 0.1) is 0 Å². The van der Waals surface area contributed by atoms with Crippen molar-refractivity contribution >= 4 is 44.7 Å². The topological polar surface area (TPSA) is 37.4 Å². The molecule has 0 saturated carbocycles. The van der Waals surface area contributed by atoms with Crippen LogP contribution in [0.4, 0.5) is 0 Å². The third kappa shape index (κ3) is 2.41. The Bertz CT molecular complexity index is 1230. The molecule has 0 fully saturated rings. The molecule has 0 saturated heterocycles. The van der Waals surface area contributed by atoms with Gasteiger partial charge in [0.1, 0.15) is 0 Å². The zero-order valence-corrected chi connectivity index (χ0v) is 16.4. The standard InChI is InChI=1S/C24H19NO2S/c1-2-3-12-25-23(26)19-9-5-8-18-17(10-11-20(22(18)19)24(25)27)16-7-4-6-15-13-28-14-21(15)16/h4-11,13-14H,2-3,12H2,1H3. The smallest absolute Gasteiger partial charge is 0.261 e. The SMILES string of the molecule is CCCCN1C(=O)c2cccc3c(-c4cccc5cscc45)ccc(c23)C1=O. The van der Waals surface area contributed by atoms with Gasteiger partial charge in [-0.05, 0) is 51.2 Å². The average molecular weight is 385 g/mol. The van der Waals surface area contributed by atoms with Gasteiger partial charge in [-0.2, -0.15) is 11.3 Å². The molecular weight excluding hydrogens is 366 g/mol. The van der Waals surface area contributed by atoms with E-state index in [9.17, 15) is 9.59 Å². The fraction of sp³-hybridized carbons (Fsp3) is 0.167. The second kappa shape index (κ2) is 6.57. The third-order valence-corrected chi connectivity index (χ3v) is 6.30. The third-order valence-electron chi connectivity index (χ3n) is 5.54. The summed E-state index contributed by atoms with van der Waals surface area (Å²) in [6, 6.07) is 16.0. The average Bonchev–Trinajstić information content (AvgIpc) is 3.20. The maximum Gasteiger partial charge on any atom is 0.261 e. The lowest BCUT2D eigenvalue weighted by Crippen LogP contribution is -2.40. The summed E-state index contributed by atoms with van der Waals surface area (Å²) < 4.78 is 0. The van der Waals surface area contributed by atoms with Gasteiger partial charge in [0.2, 0.25) is 0 Å².